The number of anilines is 1. The summed E-state index contributed by atoms with van der Waals surface area (Å²) < 4.78 is 0.556. The Hall–Kier alpha value is -0.630. The molecule has 5 nitrogen and oxygen atoms in total. The molecule has 1 heterocycles. The van der Waals surface area contributed by atoms with Gasteiger partial charge in [-0.2, -0.15) is 0 Å². The minimum absolute atomic E-state index is 0.0540. The summed E-state index contributed by atoms with van der Waals surface area (Å²) >= 11 is 1.95. The van der Waals surface area contributed by atoms with Crippen LogP contribution in [0.15, 0.2) is 11.1 Å². The number of aliphatic hydroxyl groups is 1. The minimum Gasteiger partial charge on any atom is -0.395 e. The van der Waals surface area contributed by atoms with Gasteiger partial charge in [0.25, 0.3) is 5.56 Å². The molecule has 6 heteroatoms. The Morgan fingerprint density at radius 3 is 3.00 bits per heavy atom. The lowest BCUT2D eigenvalue weighted by Gasteiger charge is -2.20. The lowest BCUT2D eigenvalue weighted by Crippen LogP contribution is -2.30. The van der Waals surface area contributed by atoms with Crippen molar-refractivity contribution in [3.05, 3.63) is 20.3 Å². The molecule has 14 heavy (non-hydrogen) atoms. The van der Waals surface area contributed by atoms with Gasteiger partial charge in [0.15, 0.2) is 0 Å². The maximum Gasteiger partial charge on any atom is 0.266 e. The van der Waals surface area contributed by atoms with E-state index in [1.807, 2.05) is 34.4 Å². The zero-order valence-electron chi connectivity index (χ0n) is 7.83. The Morgan fingerprint density at radius 2 is 2.43 bits per heavy atom. The second kappa shape index (κ2) is 5.30. The molecule has 0 saturated heterocycles. The maximum atomic E-state index is 11.3. The van der Waals surface area contributed by atoms with E-state index >= 15 is 0 Å². The highest BCUT2D eigenvalue weighted by atomic mass is 127. The van der Waals surface area contributed by atoms with Gasteiger partial charge in [0.2, 0.25) is 0 Å². The predicted molar refractivity (Wildman–Crippen MR) is 62.5 cm³/mol. The molecule has 0 aromatic carbocycles. The largest absolute Gasteiger partial charge is 0.395 e. The number of hydrogen-bond acceptors (Lipinski definition) is 4. The number of aromatic nitrogens is 2. The van der Waals surface area contributed by atoms with Crippen LogP contribution in [0.3, 0.4) is 0 Å². The molecule has 0 bridgehead atoms. The van der Waals surface area contributed by atoms with Crippen LogP contribution in [0, 0.1) is 3.57 Å². The molecule has 78 valence electrons. The first kappa shape index (κ1) is 11.4. The molecular weight excluding hydrogens is 297 g/mol. The average molecular weight is 309 g/mol. The van der Waals surface area contributed by atoms with Gasteiger partial charge in [0.05, 0.1) is 12.9 Å². The molecule has 1 aromatic rings. The average Bonchev–Trinajstić information content (AvgIpc) is 2.19. The highest BCUT2D eigenvalue weighted by molar-refractivity contribution is 14.1. The monoisotopic (exact) mass is 309 g/mol. The van der Waals surface area contributed by atoms with Gasteiger partial charge in [-0.05, 0) is 29.5 Å². The van der Waals surface area contributed by atoms with Crippen LogP contribution >= 0.6 is 22.6 Å². The first-order chi connectivity index (χ1) is 6.70. The molecule has 1 rings (SSSR count). The van der Waals surface area contributed by atoms with Crippen molar-refractivity contribution in [2.45, 2.75) is 6.92 Å². The molecule has 0 saturated carbocycles. The van der Waals surface area contributed by atoms with Gasteiger partial charge in [-0.25, -0.2) is 4.98 Å². The van der Waals surface area contributed by atoms with Crippen molar-refractivity contribution in [1.82, 2.24) is 9.97 Å². The fraction of sp³-hybridized carbons (Fsp3) is 0.500. The SMILES string of the molecule is CCN(CCO)c1nc[nH]c(=O)c1I. The van der Waals surface area contributed by atoms with E-state index in [0.717, 1.165) is 0 Å². The van der Waals surface area contributed by atoms with Crippen molar-refractivity contribution in [2.75, 3.05) is 24.6 Å². The summed E-state index contributed by atoms with van der Waals surface area (Å²) in [7, 11) is 0. The molecule has 0 atom stereocenters. The van der Waals surface area contributed by atoms with Crippen LogP contribution in [-0.2, 0) is 0 Å². The van der Waals surface area contributed by atoms with Crippen molar-refractivity contribution in [1.29, 1.82) is 0 Å². The lowest BCUT2D eigenvalue weighted by molar-refractivity contribution is 0.302. The molecule has 0 aliphatic carbocycles. The molecule has 1 aromatic heterocycles. The summed E-state index contributed by atoms with van der Waals surface area (Å²) in [6.07, 6.45) is 1.37. The van der Waals surface area contributed by atoms with E-state index in [9.17, 15) is 4.79 Å². The number of halogens is 1. The fourth-order valence-electron chi connectivity index (χ4n) is 1.13. The number of aliphatic hydroxyl groups excluding tert-OH is 1. The zero-order chi connectivity index (χ0) is 10.6. The molecule has 0 amide bonds. The standard InChI is InChI=1S/C8H12IN3O2/c1-2-12(3-4-13)7-6(9)8(14)11-5-10-7/h5,13H,2-4H2,1H3,(H,10,11,14). The third-order valence-electron chi connectivity index (χ3n) is 1.83. The van der Waals surface area contributed by atoms with Crippen LogP contribution < -0.4 is 10.5 Å². The molecule has 0 fully saturated rings. The Bertz CT molecular complexity index is 353. The van der Waals surface area contributed by atoms with E-state index in [-0.39, 0.29) is 12.2 Å². The lowest BCUT2D eigenvalue weighted by atomic mass is 10.4. The molecule has 0 aliphatic rings. The summed E-state index contributed by atoms with van der Waals surface area (Å²) in [5, 5.41) is 8.83. The summed E-state index contributed by atoms with van der Waals surface area (Å²) in [6.45, 7) is 3.21. The van der Waals surface area contributed by atoms with Crippen LogP contribution in [0.25, 0.3) is 0 Å². The molecule has 2 N–H and O–H groups in total. The molecule has 0 radical (unpaired) electrons. The third-order valence-corrected chi connectivity index (χ3v) is 2.80. The Kier molecular flexibility index (Phi) is 4.33. The summed E-state index contributed by atoms with van der Waals surface area (Å²) in [5.74, 6) is 0.630. The number of nitrogens with zero attached hydrogens (tertiary/aromatic N) is 2. The normalized spacial score (nSPS) is 10.2. The summed E-state index contributed by atoms with van der Waals surface area (Å²) in [4.78, 5) is 19.7. The van der Waals surface area contributed by atoms with Gasteiger partial charge < -0.3 is 15.0 Å². The van der Waals surface area contributed by atoms with Crippen LogP contribution in [0.2, 0.25) is 0 Å². The smallest absolute Gasteiger partial charge is 0.266 e. The first-order valence-electron chi connectivity index (χ1n) is 4.29. The van der Waals surface area contributed by atoms with Crippen LogP contribution in [0.4, 0.5) is 5.82 Å². The molecule has 0 aliphatic heterocycles. The number of H-pyrrole nitrogens is 1. The fourth-order valence-corrected chi connectivity index (χ4v) is 1.76. The van der Waals surface area contributed by atoms with Gasteiger partial charge in [0.1, 0.15) is 9.39 Å². The molecule has 0 unspecified atom stereocenters. The Morgan fingerprint density at radius 1 is 1.71 bits per heavy atom. The van der Waals surface area contributed by atoms with Crippen molar-refractivity contribution < 1.29 is 5.11 Å². The first-order valence-corrected chi connectivity index (χ1v) is 5.37. The quantitative estimate of drug-likeness (QED) is 0.779. The highest BCUT2D eigenvalue weighted by Crippen LogP contribution is 2.14. The Labute approximate surface area is 95.3 Å². The van der Waals surface area contributed by atoms with E-state index in [1.165, 1.54) is 6.33 Å². The van der Waals surface area contributed by atoms with Crippen LogP contribution in [-0.4, -0.2) is 34.8 Å². The number of likely N-dealkylation sites (N-methyl/N-ethyl adjacent to an activating group) is 1. The second-order valence-corrected chi connectivity index (χ2v) is 3.75. The third kappa shape index (κ3) is 2.44. The van der Waals surface area contributed by atoms with E-state index in [4.69, 9.17) is 5.11 Å². The van der Waals surface area contributed by atoms with E-state index in [1.54, 1.807) is 0 Å². The van der Waals surface area contributed by atoms with Crippen LogP contribution in [0.1, 0.15) is 6.92 Å². The molecular formula is C8H12IN3O2. The summed E-state index contributed by atoms with van der Waals surface area (Å²) in [5.41, 5.74) is -0.146. The number of aromatic amines is 1. The van der Waals surface area contributed by atoms with Gasteiger partial charge in [-0.3, -0.25) is 4.79 Å². The van der Waals surface area contributed by atoms with E-state index in [2.05, 4.69) is 9.97 Å². The predicted octanol–water partition coefficient (Wildman–Crippen LogP) is 0.193. The van der Waals surface area contributed by atoms with Crippen LogP contribution in [0.5, 0.6) is 0 Å². The van der Waals surface area contributed by atoms with Gasteiger partial charge >= 0.3 is 0 Å². The van der Waals surface area contributed by atoms with Gasteiger partial charge in [0, 0.05) is 13.1 Å². The maximum absolute atomic E-state index is 11.3. The topological polar surface area (TPSA) is 69.2 Å². The van der Waals surface area contributed by atoms with Crippen molar-refractivity contribution >= 4 is 28.4 Å². The van der Waals surface area contributed by atoms with Crippen molar-refractivity contribution in [3.63, 3.8) is 0 Å². The van der Waals surface area contributed by atoms with Gasteiger partial charge in [-0.1, -0.05) is 0 Å². The minimum atomic E-state index is -0.146. The van der Waals surface area contributed by atoms with Gasteiger partial charge in [-0.15, -0.1) is 0 Å². The van der Waals surface area contributed by atoms with E-state index < -0.39 is 0 Å². The number of nitrogens with one attached hydrogen (secondary N) is 1. The number of rotatable bonds is 4. The second-order valence-electron chi connectivity index (χ2n) is 2.67. The molecule has 0 spiro atoms. The number of hydrogen-bond donors (Lipinski definition) is 2. The highest BCUT2D eigenvalue weighted by Gasteiger charge is 2.11. The zero-order valence-corrected chi connectivity index (χ0v) is 9.98. The van der Waals surface area contributed by atoms with E-state index in [0.29, 0.717) is 22.5 Å². The van der Waals surface area contributed by atoms with Crippen molar-refractivity contribution in [2.24, 2.45) is 0 Å². The Balaban J connectivity index is 3.03. The summed E-state index contributed by atoms with van der Waals surface area (Å²) in [6, 6.07) is 0. The van der Waals surface area contributed by atoms with Crippen molar-refractivity contribution in [3.8, 4) is 0 Å².